The number of pyridine rings is 1. The van der Waals surface area contributed by atoms with Crippen molar-refractivity contribution in [3.05, 3.63) is 21.9 Å². The van der Waals surface area contributed by atoms with Gasteiger partial charge in [-0.1, -0.05) is 0 Å². The van der Waals surface area contributed by atoms with Gasteiger partial charge in [-0.15, -0.1) is 13.2 Å². The summed E-state index contributed by atoms with van der Waals surface area (Å²) in [5.41, 5.74) is -0.523. The molecule has 0 aromatic carbocycles. The number of alkyl halides is 3. The first kappa shape index (κ1) is 13.0. The number of nitrogens with zero attached hydrogens (tertiary/aromatic N) is 2. The third-order valence-corrected chi connectivity index (χ3v) is 1.62. The molecular formula is C7H5F3N2O5. The second-order valence-corrected chi connectivity index (χ2v) is 2.75. The van der Waals surface area contributed by atoms with Crippen LogP contribution >= 0.6 is 0 Å². The predicted octanol–water partition coefficient (Wildman–Crippen LogP) is 1.09. The minimum Gasteiger partial charge on any atom is -0.498 e. The van der Waals surface area contributed by atoms with Gasteiger partial charge in [0.2, 0.25) is 0 Å². The van der Waals surface area contributed by atoms with Crippen molar-refractivity contribution >= 4 is 5.82 Å². The summed E-state index contributed by atoms with van der Waals surface area (Å²) in [5.74, 6) is -3.82. The molecule has 0 aliphatic rings. The maximum absolute atomic E-state index is 12.0. The van der Waals surface area contributed by atoms with Gasteiger partial charge in [0.25, 0.3) is 5.75 Å². The van der Waals surface area contributed by atoms with E-state index in [0.717, 1.165) is 0 Å². The van der Waals surface area contributed by atoms with Crippen molar-refractivity contribution in [1.82, 2.24) is 4.98 Å². The van der Waals surface area contributed by atoms with E-state index in [1.807, 2.05) is 0 Å². The highest BCUT2D eigenvalue weighted by Gasteiger charge is 2.36. The largest absolute Gasteiger partial charge is 0.573 e. The minimum absolute atomic E-state index is 0.523. The average molecular weight is 254 g/mol. The summed E-state index contributed by atoms with van der Waals surface area (Å²) in [4.78, 5) is 12.2. The van der Waals surface area contributed by atoms with Crippen LogP contribution in [0.1, 0.15) is 5.56 Å². The molecule has 0 saturated heterocycles. The molecule has 1 heterocycles. The molecule has 0 atom stereocenters. The summed E-state index contributed by atoms with van der Waals surface area (Å²) in [6, 6.07) is 0. The monoisotopic (exact) mass is 254 g/mol. The molecular weight excluding hydrogens is 249 g/mol. The fourth-order valence-electron chi connectivity index (χ4n) is 0.988. The lowest BCUT2D eigenvalue weighted by Crippen LogP contribution is -2.18. The molecule has 94 valence electrons. The van der Waals surface area contributed by atoms with E-state index in [9.17, 15) is 28.4 Å². The Kier molecular flexibility index (Phi) is 3.36. The van der Waals surface area contributed by atoms with Gasteiger partial charge in [0.1, 0.15) is 6.20 Å². The van der Waals surface area contributed by atoms with E-state index in [1.54, 1.807) is 0 Å². The third kappa shape index (κ3) is 2.93. The highest BCUT2D eigenvalue weighted by Crippen LogP contribution is 2.39. The molecule has 0 unspecified atom stereocenters. The van der Waals surface area contributed by atoms with Gasteiger partial charge in [-0.2, -0.15) is 0 Å². The van der Waals surface area contributed by atoms with Crippen molar-refractivity contribution < 1.29 is 33.0 Å². The maximum atomic E-state index is 12.0. The zero-order valence-corrected chi connectivity index (χ0v) is 7.93. The van der Waals surface area contributed by atoms with E-state index in [-0.39, 0.29) is 0 Å². The van der Waals surface area contributed by atoms with Crippen LogP contribution in [0, 0.1) is 10.1 Å². The summed E-state index contributed by atoms with van der Waals surface area (Å²) in [5, 5.41) is 28.2. The lowest BCUT2D eigenvalue weighted by molar-refractivity contribution is -0.390. The summed E-state index contributed by atoms with van der Waals surface area (Å²) < 4.78 is 39.3. The molecule has 17 heavy (non-hydrogen) atoms. The zero-order valence-electron chi connectivity index (χ0n) is 7.93. The van der Waals surface area contributed by atoms with Crippen molar-refractivity contribution in [2.75, 3.05) is 0 Å². The van der Waals surface area contributed by atoms with Crippen molar-refractivity contribution in [2.24, 2.45) is 0 Å². The molecule has 0 amide bonds. The van der Waals surface area contributed by atoms with E-state index in [0.29, 0.717) is 6.20 Å². The molecule has 7 nitrogen and oxygen atoms in total. The van der Waals surface area contributed by atoms with Crippen LogP contribution in [0.2, 0.25) is 0 Å². The first-order chi connectivity index (χ1) is 7.76. The van der Waals surface area contributed by atoms with Crippen LogP contribution in [0.15, 0.2) is 6.20 Å². The molecule has 2 N–H and O–H groups in total. The second-order valence-electron chi connectivity index (χ2n) is 2.75. The van der Waals surface area contributed by atoms with Crippen molar-refractivity contribution in [2.45, 2.75) is 13.0 Å². The number of rotatable bonds is 3. The first-order valence-corrected chi connectivity index (χ1v) is 3.98. The highest BCUT2D eigenvalue weighted by atomic mass is 19.4. The molecule has 0 aliphatic heterocycles. The zero-order chi connectivity index (χ0) is 13.2. The van der Waals surface area contributed by atoms with E-state index in [1.165, 1.54) is 0 Å². The van der Waals surface area contributed by atoms with Crippen LogP contribution in [0.25, 0.3) is 0 Å². The number of halogens is 3. The van der Waals surface area contributed by atoms with Crippen molar-refractivity contribution in [3.8, 4) is 11.5 Å². The molecule has 0 bridgehead atoms. The third-order valence-electron chi connectivity index (χ3n) is 1.62. The van der Waals surface area contributed by atoms with Crippen molar-refractivity contribution in [3.63, 3.8) is 0 Å². The number of aromatic nitrogens is 1. The lowest BCUT2D eigenvalue weighted by atomic mass is 10.2. The number of hydrogen-bond donors (Lipinski definition) is 2. The Morgan fingerprint density at radius 2 is 2.12 bits per heavy atom. The van der Waals surface area contributed by atoms with Crippen LogP contribution in [0.3, 0.4) is 0 Å². The van der Waals surface area contributed by atoms with Gasteiger partial charge in [-0.05, 0) is 9.91 Å². The number of ether oxygens (including phenoxy) is 1. The Bertz CT molecular complexity index is 448. The van der Waals surface area contributed by atoms with Crippen LogP contribution in [-0.2, 0) is 6.61 Å². The van der Waals surface area contributed by atoms with Gasteiger partial charge < -0.3 is 25.1 Å². The molecule has 1 aromatic heterocycles. The summed E-state index contributed by atoms with van der Waals surface area (Å²) in [6.07, 6.45) is -4.55. The summed E-state index contributed by atoms with van der Waals surface area (Å²) in [7, 11) is 0. The van der Waals surface area contributed by atoms with Gasteiger partial charge in [0, 0.05) is 0 Å². The summed E-state index contributed by atoms with van der Waals surface area (Å²) in [6.45, 7) is -0.927. The summed E-state index contributed by atoms with van der Waals surface area (Å²) >= 11 is 0. The average Bonchev–Trinajstić information content (AvgIpc) is 2.18. The Balaban J connectivity index is 3.32. The van der Waals surface area contributed by atoms with Crippen LogP contribution in [-0.4, -0.2) is 26.5 Å². The highest BCUT2D eigenvalue weighted by molar-refractivity contribution is 5.53. The smallest absolute Gasteiger partial charge is 0.498 e. The molecule has 0 spiro atoms. The van der Waals surface area contributed by atoms with E-state index >= 15 is 0 Å². The first-order valence-electron chi connectivity index (χ1n) is 3.98. The van der Waals surface area contributed by atoms with Gasteiger partial charge in [0.05, 0.1) is 12.2 Å². The van der Waals surface area contributed by atoms with Crippen LogP contribution in [0.5, 0.6) is 11.5 Å². The maximum Gasteiger partial charge on any atom is 0.573 e. The Morgan fingerprint density at radius 1 is 1.53 bits per heavy atom. The molecule has 0 saturated carbocycles. The number of nitro groups is 1. The molecule has 10 heteroatoms. The quantitative estimate of drug-likeness (QED) is 0.617. The Hall–Kier alpha value is -2.10. The Morgan fingerprint density at radius 3 is 2.53 bits per heavy atom. The minimum atomic E-state index is -5.16. The fraction of sp³-hybridized carbons (Fsp3) is 0.286. The fourth-order valence-corrected chi connectivity index (χ4v) is 0.988. The SMILES string of the molecule is O=[N+]([O-])c1ncc(CO)c(OC(F)(F)F)c1O. The lowest BCUT2D eigenvalue weighted by Gasteiger charge is -2.12. The van der Waals surface area contributed by atoms with E-state index < -0.39 is 40.8 Å². The number of aliphatic hydroxyl groups excluding tert-OH is 1. The predicted molar refractivity (Wildman–Crippen MR) is 45.2 cm³/mol. The number of hydrogen-bond acceptors (Lipinski definition) is 6. The van der Waals surface area contributed by atoms with Gasteiger partial charge in [-0.25, -0.2) is 0 Å². The van der Waals surface area contributed by atoms with Gasteiger partial charge >= 0.3 is 12.2 Å². The second kappa shape index (κ2) is 4.41. The molecule has 0 fully saturated rings. The van der Waals surface area contributed by atoms with Crippen LogP contribution < -0.4 is 4.74 Å². The normalized spacial score (nSPS) is 11.3. The topological polar surface area (TPSA) is 106 Å². The van der Waals surface area contributed by atoms with E-state index in [2.05, 4.69) is 9.72 Å². The number of aliphatic hydroxyl groups is 1. The van der Waals surface area contributed by atoms with Gasteiger partial charge in [0.15, 0.2) is 5.75 Å². The van der Waals surface area contributed by atoms with Gasteiger partial charge in [-0.3, -0.25) is 0 Å². The molecule has 0 aliphatic carbocycles. The molecule has 1 aromatic rings. The van der Waals surface area contributed by atoms with Crippen LogP contribution in [0.4, 0.5) is 19.0 Å². The molecule has 1 rings (SSSR count). The Labute approximate surface area is 91.2 Å². The number of aromatic hydroxyl groups is 1. The standard InChI is InChI=1S/C7H5F3N2O5/c8-7(9,10)17-5-3(2-13)1-11-6(4(5)14)12(15)16/h1,13-14H,2H2. The van der Waals surface area contributed by atoms with E-state index in [4.69, 9.17) is 5.11 Å². The van der Waals surface area contributed by atoms with Crippen molar-refractivity contribution in [1.29, 1.82) is 0 Å². The molecule has 0 radical (unpaired) electrons.